The van der Waals surface area contributed by atoms with Crippen molar-refractivity contribution in [2.75, 3.05) is 19.6 Å². The van der Waals surface area contributed by atoms with Crippen LogP contribution in [0, 0.1) is 5.92 Å². The second-order valence-electron chi connectivity index (χ2n) is 5.58. The third-order valence-electron chi connectivity index (χ3n) is 3.45. The monoisotopic (exact) mass is 270 g/mol. The normalized spacial score (nSPS) is 21.6. The molecule has 0 saturated carbocycles. The molecule has 0 aliphatic carbocycles. The van der Waals surface area contributed by atoms with Gasteiger partial charge < -0.3 is 16.8 Å². The van der Waals surface area contributed by atoms with Crippen LogP contribution in [0.1, 0.15) is 33.1 Å². The Morgan fingerprint density at radius 2 is 2.11 bits per heavy atom. The van der Waals surface area contributed by atoms with E-state index in [4.69, 9.17) is 11.5 Å². The lowest BCUT2D eigenvalue weighted by Gasteiger charge is -2.25. The number of nitrogens with one attached hydrogen (secondary N) is 1. The molecule has 6 nitrogen and oxygen atoms in total. The van der Waals surface area contributed by atoms with Gasteiger partial charge in [0, 0.05) is 13.1 Å². The van der Waals surface area contributed by atoms with Crippen molar-refractivity contribution in [2.24, 2.45) is 17.4 Å². The first-order chi connectivity index (χ1) is 8.95. The van der Waals surface area contributed by atoms with Crippen LogP contribution in [0.3, 0.4) is 0 Å². The van der Waals surface area contributed by atoms with Crippen molar-refractivity contribution >= 4 is 11.8 Å². The molecule has 0 aromatic rings. The van der Waals surface area contributed by atoms with Crippen LogP contribution >= 0.6 is 0 Å². The zero-order valence-corrected chi connectivity index (χ0v) is 11.9. The molecule has 0 aromatic carbocycles. The Hall–Kier alpha value is -1.14. The zero-order chi connectivity index (χ0) is 14.4. The van der Waals surface area contributed by atoms with Crippen molar-refractivity contribution in [1.29, 1.82) is 0 Å². The number of rotatable bonds is 7. The first-order valence-electron chi connectivity index (χ1n) is 6.99. The Labute approximate surface area is 114 Å². The van der Waals surface area contributed by atoms with E-state index in [9.17, 15) is 9.59 Å². The number of amides is 2. The molecule has 19 heavy (non-hydrogen) atoms. The molecular formula is C13H26N4O2. The molecule has 1 aliphatic heterocycles. The van der Waals surface area contributed by atoms with E-state index in [2.05, 4.69) is 10.2 Å². The molecule has 110 valence electrons. The highest BCUT2D eigenvalue weighted by Gasteiger charge is 2.32. The summed E-state index contributed by atoms with van der Waals surface area (Å²) in [4.78, 5) is 25.7. The molecule has 2 atom stereocenters. The predicted molar refractivity (Wildman–Crippen MR) is 74.2 cm³/mol. The van der Waals surface area contributed by atoms with Gasteiger partial charge in [-0.25, -0.2) is 0 Å². The van der Waals surface area contributed by atoms with Gasteiger partial charge in [-0.15, -0.1) is 0 Å². The second-order valence-corrected chi connectivity index (χ2v) is 5.58. The minimum atomic E-state index is -0.576. The molecule has 1 rings (SSSR count). The van der Waals surface area contributed by atoms with Gasteiger partial charge in [0.1, 0.15) is 6.04 Å². The van der Waals surface area contributed by atoms with Gasteiger partial charge in [0.05, 0.1) is 6.04 Å². The lowest BCUT2D eigenvalue weighted by Crippen LogP contribution is -2.52. The molecule has 2 unspecified atom stereocenters. The summed E-state index contributed by atoms with van der Waals surface area (Å²) < 4.78 is 0. The van der Waals surface area contributed by atoms with Crippen LogP contribution in [0.5, 0.6) is 0 Å². The summed E-state index contributed by atoms with van der Waals surface area (Å²) in [6, 6.07) is -0.745. The Kier molecular flexibility index (Phi) is 6.24. The summed E-state index contributed by atoms with van der Waals surface area (Å²) in [5, 5.41) is 2.78. The number of carbonyl (C=O) groups is 2. The Morgan fingerprint density at radius 3 is 2.63 bits per heavy atom. The van der Waals surface area contributed by atoms with E-state index in [1.165, 1.54) is 0 Å². The van der Waals surface area contributed by atoms with Crippen LogP contribution in [0.2, 0.25) is 0 Å². The number of hydrogen-bond donors (Lipinski definition) is 3. The molecule has 0 radical (unpaired) electrons. The molecule has 0 spiro atoms. The fraction of sp³-hybridized carbons (Fsp3) is 0.846. The van der Waals surface area contributed by atoms with Crippen molar-refractivity contribution in [3.63, 3.8) is 0 Å². The van der Waals surface area contributed by atoms with Gasteiger partial charge in [-0.3, -0.25) is 14.5 Å². The number of nitrogens with two attached hydrogens (primary N) is 2. The van der Waals surface area contributed by atoms with E-state index in [1.54, 1.807) is 0 Å². The van der Waals surface area contributed by atoms with Crippen LogP contribution in [-0.4, -0.2) is 48.4 Å². The standard InChI is InChI=1S/C13H26N4O2/c1-9(2)8-10(12(15)18)16-13(19)11-4-3-6-17(11)7-5-14/h9-11H,3-8,14H2,1-2H3,(H2,15,18)(H,16,19). The van der Waals surface area contributed by atoms with Crippen molar-refractivity contribution in [3.05, 3.63) is 0 Å². The average Bonchev–Trinajstić information content (AvgIpc) is 2.76. The van der Waals surface area contributed by atoms with Crippen molar-refractivity contribution in [2.45, 2.75) is 45.2 Å². The highest BCUT2D eigenvalue weighted by Crippen LogP contribution is 2.17. The summed E-state index contributed by atoms with van der Waals surface area (Å²) in [5.41, 5.74) is 10.9. The van der Waals surface area contributed by atoms with Gasteiger partial charge in [0.2, 0.25) is 11.8 Å². The maximum atomic E-state index is 12.2. The van der Waals surface area contributed by atoms with E-state index in [1.807, 2.05) is 13.8 Å². The van der Waals surface area contributed by atoms with Crippen LogP contribution < -0.4 is 16.8 Å². The van der Waals surface area contributed by atoms with E-state index >= 15 is 0 Å². The Morgan fingerprint density at radius 1 is 1.42 bits per heavy atom. The molecule has 6 heteroatoms. The number of primary amides is 1. The number of nitrogens with zero attached hydrogens (tertiary/aromatic N) is 1. The van der Waals surface area contributed by atoms with Crippen LogP contribution in [0.4, 0.5) is 0 Å². The highest BCUT2D eigenvalue weighted by molar-refractivity contribution is 5.89. The van der Waals surface area contributed by atoms with Gasteiger partial charge in [0.15, 0.2) is 0 Å². The molecule has 0 aromatic heterocycles. The van der Waals surface area contributed by atoms with Crippen LogP contribution in [-0.2, 0) is 9.59 Å². The van der Waals surface area contributed by atoms with Gasteiger partial charge in [-0.05, 0) is 31.7 Å². The first-order valence-corrected chi connectivity index (χ1v) is 6.99. The van der Waals surface area contributed by atoms with E-state index in [-0.39, 0.29) is 11.9 Å². The molecule has 0 bridgehead atoms. The lowest BCUT2D eigenvalue weighted by atomic mass is 10.0. The smallest absolute Gasteiger partial charge is 0.240 e. The summed E-state index contributed by atoms with van der Waals surface area (Å²) in [7, 11) is 0. The first kappa shape index (κ1) is 15.9. The number of carbonyl (C=O) groups excluding carboxylic acids is 2. The van der Waals surface area contributed by atoms with Crippen molar-refractivity contribution in [3.8, 4) is 0 Å². The minimum absolute atomic E-state index is 0.101. The van der Waals surface area contributed by atoms with Gasteiger partial charge in [-0.1, -0.05) is 13.8 Å². The van der Waals surface area contributed by atoms with Gasteiger partial charge in [0.25, 0.3) is 0 Å². The highest BCUT2D eigenvalue weighted by atomic mass is 16.2. The maximum Gasteiger partial charge on any atom is 0.240 e. The fourth-order valence-corrected chi connectivity index (χ4v) is 2.54. The maximum absolute atomic E-state index is 12.2. The number of hydrogen-bond acceptors (Lipinski definition) is 4. The number of likely N-dealkylation sites (tertiary alicyclic amines) is 1. The van der Waals surface area contributed by atoms with Crippen LogP contribution in [0.25, 0.3) is 0 Å². The molecule has 1 aliphatic rings. The molecule has 2 amide bonds. The Bertz CT molecular complexity index is 320. The third kappa shape index (κ3) is 4.80. The topological polar surface area (TPSA) is 101 Å². The molecule has 5 N–H and O–H groups in total. The van der Waals surface area contributed by atoms with E-state index < -0.39 is 11.9 Å². The molecule has 1 fully saturated rings. The third-order valence-corrected chi connectivity index (χ3v) is 3.45. The largest absolute Gasteiger partial charge is 0.368 e. The minimum Gasteiger partial charge on any atom is -0.368 e. The summed E-state index contributed by atoms with van der Waals surface area (Å²) in [5.74, 6) is -0.262. The van der Waals surface area contributed by atoms with E-state index in [0.717, 1.165) is 19.4 Å². The SMILES string of the molecule is CC(C)CC(NC(=O)C1CCCN1CCN)C(N)=O. The quantitative estimate of drug-likeness (QED) is 0.576. The average molecular weight is 270 g/mol. The van der Waals surface area contributed by atoms with Gasteiger partial charge in [-0.2, -0.15) is 0 Å². The summed E-state index contributed by atoms with van der Waals surface area (Å²) >= 11 is 0. The molecular weight excluding hydrogens is 244 g/mol. The molecule has 1 saturated heterocycles. The lowest BCUT2D eigenvalue weighted by molar-refractivity contribution is -0.130. The summed E-state index contributed by atoms with van der Waals surface area (Å²) in [6.07, 6.45) is 2.38. The van der Waals surface area contributed by atoms with E-state index in [0.29, 0.717) is 25.4 Å². The van der Waals surface area contributed by atoms with Crippen molar-refractivity contribution < 1.29 is 9.59 Å². The zero-order valence-electron chi connectivity index (χ0n) is 11.9. The van der Waals surface area contributed by atoms with Gasteiger partial charge >= 0.3 is 0 Å². The summed E-state index contributed by atoms with van der Waals surface area (Å²) in [6.45, 7) is 6.13. The second kappa shape index (κ2) is 7.45. The Balaban J connectivity index is 2.58. The van der Waals surface area contributed by atoms with Crippen LogP contribution in [0.15, 0.2) is 0 Å². The predicted octanol–water partition coefficient (Wildman–Crippen LogP) is -0.574. The molecule has 1 heterocycles. The fourth-order valence-electron chi connectivity index (χ4n) is 2.54. The van der Waals surface area contributed by atoms with Crippen molar-refractivity contribution in [1.82, 2.24) is 10.2 Å².